The Morgan fingerprint density at radius 1 is 1.06 bits per heavy atom. The third kappa shape index (κ3) is 5.80. The molecule has 0 atom stereocenters. The van der Waals surface area contributed by atoms with Gasteiger partial charge in [0.1, 0.15) is 0 Å². The van der Waals surface area contributed by atoms with Crippen molar-refractivity contribution < 1.29 is 9.47 Å². The molecule has 17 heavy (non-hydrogen) atoms. The molecule has 0 aliphatic heterocycles. The Hall–Kier alpha value is -0.930. The number of rotatable bonds is 9. The summed E-state index contributed by atoms with van der Waals surface area (Å²) in [5.41, 5.74) is 0.861. The average molecular weight is 237 g/mol. The van der Waals surface area contributed by atoms with Gasteiger partial charge in [0.2, 0.25) is 6.29 Å². The number of nitrogens with zero attached hydrogens (tertiary/aromatic N) is 1. The molecular formula is C14H23NO2. The Morgan fingerprint density at radius 2 is 1.71 bits per heavy atom. The fourth-order valence-corrected chi connectivity index (χ4v) is 1.40. The van der Waals surface area contributed by atoms with Gasteiger partial charge in [-0.1, -0.05) is 32.8 Å². The Labute approximate surface area is 104 Å². The van der Waals surface area contributed by atoms with E-state index in [4.69, 9.17) is 9.47 Å². The van der Waals surface area contributed by atoms with E-state index in [-0.39, 0.29) is 6.29 Å². The van der Waals surface area contributed by atoms with Gasteiger partial charge < -0.3 is 9.47 Å². The predicted molar refractivity (Wildman–Crippen MR) is 68.7 cm³/mol. The number of hydrogen-bond acceptors (Lipinski definition) is 3. The van der Waals surface area contributed by atoms with E-state index in [0.717, 1.165) is 44.6 Å². The highest BCUT2D eigenvalue weighted by atomic mass is 16.7. The molecule has 0 radical (unpaired) electrons. The van der Waals surface area contributed by atoms with Crippen LogP contribution in [-0.2, 0) is 9.47 Å². The van der Waals surface area contributed by atoms with E-state index in [2.05, 4.69) is 18.8 Å². The average Bonchev–Trinajstić information content (AvgIpc) is 2.38. The van der Waals surface area contributed by atoms with Crippen LogP contribution in [0.4, 0.5) is 0 Å². The minimum absolute atomic E-state index is 0.311. The van der Waals surface area contributed by atoms with Crippen molar-refractivity contribution in [2.24, 2.45) is 0 Å². The van der Waals surface area contributed by atoms with Gasteiger partial charge in [0.15, 0.2) is 0 Å². The SMILES string of the molecule is CCCCOC(OCCCC)c1ccccn1. The molecule has 0 saturated carbocycles. The molecule has 0 aromatic carbocycles. The first-order chi connectivity index (χ1) is 8.38. The maximum absolute atomic E-state index is 5.73. The maximum atomic E-state index is 5.73. The molecule has 0 aliphatic rings. The van der Waals surface area contributed by atoms with Gasteiger partial charge in [0, 0.05) is 6.20 Å². The largest absolute Gasteiger partial charge is 0.347 e. The van der Waals surface area contributed by atoms with Gasteiger partial charge in [-0.2, -0.15) is 0 Å². The second-order valence-electron chi connectivity index (χ2n) is 4.04. The smallest absolute Gasteiger partial charge is 0.201 e. The fourth-order valence-electron chi connectivity index (χ4n) is 1.40. The summed E-state index contributed by atoms with van der Waals surface area (Å²) in [6, 6.07) is 5.81. The summed E-state index contributed by atoms with van der Waals surface area (Å²) in [5.74, 6) is 0. The van der Waals surface area contributed by atoms with Gasteiger partial charge in [0.05, 0.1) is 18.9 Å². The maximum Gasteiger partial charge on any atom is 0.201 e. The topological polar surface area (TPSA) is 31.4 Å². The van der Waals surface area contributed by atoms with Crippen LogP contribution >= 0.6 is 0 Å². The second kappa shape index (κ2) is 9.14. The zero-order chi connectivity index (χ0) is 12.3. The van der Waals surface area contributed by atoms with Crippen molar-refractivity contribution in [2.45, 2.75) is 45.8 Å². The lowest BCUT2D eigenvalue weighted by Gasteiger charge is -2.17. The van der Waals surface area contributed by atoms with Crippen molar-refractivity contribution >= 4 is 0 Å². The summed E-state index contributed by atoms with van der Waals surface area (Å²) in [7, 11) is 0. The number of ether oxygens (including phenoxy) is 2. The molecule has 1 aromatic heterocycles. The molecule has 3 nitrogen and oxygen atoms in total. The molecular weight excluding hydrogens is 214 g/mol. The molecule has 0 aliphatic carbocycles. The molecule has 1 aromatic rings. The predicted octanol–water partition coefficient (Wildman–Crippen LogP) is 3.71. The van der Waals surface area contributed by atoms with E-state index in [1.807, 2.05) is 18.2 Å². The van der Waals surface area contributed by atoms with E-state index < -0.39 is 0 Å². The van der Waals surface area contributed by atoms with E-state index in [1.165, 1.54) is 0 Å². The first kappa shape index (κ1) is 14.1. The van der Waals surface area contributed by atoms with Crippen molar-refractivity contribution in [3.63, 3.8) is 0 Å². The van der Waals surface area contributed by atoms with Crippen LogP contribution in [0.25, 0.3) is 0 Å². The third-order valence-electron chi connectivity index (χ3n) is 2.46. The fraction of sp³-hybridized carbons (Fsp3) is 0.643. The molecule has 0 N–H and O–H groups in total. The zero-order valence-electron chi connectivity index (χ0n) is 10.9. The standard InChI is InChI=1S/C14H23NO2/c1-3-5-11-16-14(17-12-6-4-2)13-9-7-8-10-15-13/h7-10,14H,3-6,11-12H2,1-2H3. The van der Waals surface area contributed by atoms with E-state index in [1.54, 1.807) is 6.20 Å². The molecule has 96 valence electrons. The summed E-state index contributed by atoms with van der Waals surface area (Å²) < 4.78 is 11.5. The van der Waals surface area contributed by atoms with E-state index in [0.29, 0.717) is 0 Å². The van der Waals surface area contributed by atoms with Crippen molar-refractivity contribution in [3.8, 4) is 0 Å². The van der Waals surface area contributed by atoms with E-state index >= 15 is 0 Å². The first-order valence-corrected chi connectivity index (χ1v) is 6.52. The first-order valence-electron chi connectivity index (χ1n) is 6.52. The van der Waals surface area contributed by atoms with Crippen molar-refractivity contribution in [2.75, 3.05) is 13.2 Å². The van der Waals surface area contributed by atoms with E-state index in [9.17, 15) is 0 Å². The van der Waals surface area contributed by atoms with Crippen LogP contribution in [0.3, 0.4) is 0 Å². The number of pyridine rings is 1. The van der Waals surface area contributed by atoms with Gasteiger partial charge in [-0.3, -0.25) is 4.98 Å². The van der Waals surface area contributed by atoms with Gasteiger partial charge in [-0.05, 0) is 25.0 Å². The Morgan fingerprint density at radius 3 is 2.18 bits per heavy atom. The molecule has 0 unspecified atom stereocenters. The minimum Gasteiger partial charge on any atom is -0.347 e. The molecule has 1 heterocycles. The van der Waals surface area contributed by atoms with Crippen LogP contribution < -0.4 is 0 Å². The van der Waals surface area contributed by atoms with Gasteiger partial charge in [-0.15, -0.1) is 0 Å². The van der Waals surface area contributed by atoms with Crippen LogP contribution in [0.1, 0.15) is 51.5 Å². The highest BCUT2D eigenvalue weighted by molar-refractivity contribution is 5.04. The van der Waals surface area contributed by atoms with Crippen LogP contribution in [-0.4, -0.2) is 18.2 Å². The minimum atomic E-state index is -0.311. The molecule has 0 bridgehead atoms. The van der Waals surface area contributed by atoms with Gasteiger partial charge >= 0.3 is 0 Å². The Kier molecular flexibility index (Phi) is 7.60. The monoisotopic (exact) mass is 237 g/mol. The van der Waals surface area contributed by atoms with Crippen molar-refractivity contribution in [1.29, 1.82) is 0 Å². The van der Waals surface area contributed by atoms with Crippen molar-refractivity contribution in [3.05, 3.63) is 30.1 Å². The third-order valence-corrected chi connectivity index (χ3v) is 2.46. The highest BCUT2D eigenvalue weighted by Gasteiger charge is 2.12. The van der Waals surface area contributed by atoms with Crippen LogP contribution in [0, 0.1) is 0 Å². The number of aromatic nitrogens is 1. The molecule has 0 saturated heterocycles. The Balaban J connectivity index is 2.46. The van der Waals surface area contributed by atoms with Gasteiger partial charge in [-0.25, -0.2) is 0 Å². The lowest BCUT2D eigenvalue weighted by molar-refractivity contribution is -0.150. The second-order valence-corrected chi connectivity index (χ2v) is 4.04. The lowest BCUT2D eigenvalue weighted by Crippen LogP contribution is -2.12. The molecule has 3 heteroatoms. The number of hydrogen-bond donors (Lipinski definition) is 0. The van der Waals surface area contributed by atoms with Crippen LogP contribution in [0.15, 0.2) is 24.4 Å². The Bertz CT molecular complexity index is 267. The van der Waals surface area contributed by atoms with Crippen LogP contribution in [0.5, 0.6) is 0 Å². The summed E-state index contributed by atoms with van der Waals surface area (Å²) in [6.45, 7) is 5.75. The molecule has 0 spiro atoms. The summed E-state index contributed by atoms with van der Waals surface area (Å²) in [6.07, 6.45) is 5.83. The highest BCUT2D eigenvalue weighted by Crippen LogP contribution is 2.17. The normalized spacial score (nSPS) is 11.0. The summed E-state index contributed by atoms with van der Waals surface area (Å²) in [4.78, 5) is 4.29. The summed E-state index contributed by atoms with van der Waals surface area (Å²) in [5, 5.41) is 0. The van der Waals surface area contributed by atoms with Crippen LogP contribution in [0.2, 0.25) is 0 Å². The lowest BCUT2D eigenvalue weighted by atomic mass is 10.3. The molecule has 1 rings (SSSR count). The van der Waals surface area contributed by atoms with Gasteiger partial charge in [0.25, 0.3) is 0 Å². The van der Waals surface area contributed by atoms with Crippen molar-refractivity contribution in [1.82, 2.24) is 4.98 Å². The quantitative estimate of drug-likeness (QED) is 0.484. The summed E-state index contributed by atoms with van der Waals surface area (Å²) >= 11 is 0. The molecule has 0 fully saturated rings. The number of unbranched alkanes of at least 4 members (excludes halogenated alkanes) is 2. The molecule has 0 amide bonds. The zero-order valence-corrected chi connectivity index (χ0v) is 10.9.